The van der Waals surface area contributed by atoms with Gasteiger partial charge in [0.05, 0.1) is 6.10 Å². The highest BCUT2D eigenvalue weighted by molar-refractivity contribution is 7.95. The molecule has 0 radical (unpaired) electrons. The molecule has 1 N–H and O–H groups in total. The van der Waals surface area contributed by atoms with E-state index >= 15 is 0 Å². The second kappa shape index (κ2) is 2.85. The van der Waals surface area contributed by atoms with Crippen molar-refractivity contribution >= 4 is 33.0 Å². The fourth-order valence-corrected chi connectivity index (χ4v) is 0.929. The smallest absolute Gasteiger partial charge is 0.242 e. The van der Waals surface area contributed by atoms with Crippen molar-refractivity contribution in [3.8, 4) is 0 Å². The topological polar surface area (TPSA) is 54.4 Å². The molecular weight excluding hydrogens is 199 g/mol. The van der Waals surface area contributed by atoms with Crippen LogP contribution in [-0.2, 0) is 9.84 Å². The van der Waals surface area contributed by atoms with Crippen LogP contribution in [-0.4, -0.2) is 29.5 Å². The number of aliphatic hydroxyl groups is 1. The normalized spacial score (nSPS) is 16.9. The van der Waals surface area contributed by atoms with Crippen molar-refractivity contribution < 1.29 is 13.5 Å². The lowest BCUT2D eigenvalue weighted by atomic mass is 10.5. The van der Waals surface area contributed by atoms with E-state index in [0.29, 0.717) is 0 Å². The van der Waals surface area contributed by atoms with Crippen LogP contribution in [0.5, 0.6) is 0 Å². The lowest BCUT2D eigenvalue weighted by Crippen LogP contribution is -2.36. The standard InChI is InChI=1S/C4H8Cl2O3S/c1-3(7)4(5,6)10(2,8)9/h3,7H,1-2H3. The number of rotatable bonds is 2. The molecule has 0 aromatic rings. The van der Waals surface area contributed by atoms with Gasteiger partial charge in [0.15, 0.2) is 9.84 Å². The number of alkyl halides is 2. The van der Waals surface area contributed by atoms with Crippen molar-refractivity contribution in [2.24, 2.45) is 0 Å². The summed E-state index contributed by atoms with van der Waals surface area (Å²) < 4.78 is 19.3. The first-order chi connectivity index (χ1) is 4.19. The molecule has 1 unspecified atom stereocenters. The quantitative estimate of drug-likeness (QED) is 0.672. The molecule has 0 aromatic heterocycles. The molecule has 0 aliphatic rings. The Kier molecular flexibility index (Phi) is 2.99. The Morgan fingerprint density at radius 3 is 1.80 bits per heavy atom. The SMILES string of the molecule is CC(O)C(Cl)(Cl)S(C)(=O)=O. The zero-order valence-corrected chi connectivity index (χ0v) is 7.83. The van der Waals surface area contributed by atoms with Gasteiger partial charge in [-0.05, 0) is 6.92 Å². The molecule has 0 aromatic carbocycles. The predicted molar refractivity (Wildman–Crippen MR) is 41.0 cm³/mol. The minimum Gasteiger partial charge on any atom is -0.389 e. The van der Waals surface area contributed by atoms with Crippen molar-refractivity contribution in [1.29, 1.82) is 0 Å². The summed E-state index contributed by atoms with van der Waals surface area (Å²) in [5, 5.41) is 8.77. The third-order valence-corrected chi connectivity index (χ3v) is 4.62. The molecule has 0 fully saturated rings. The molecule has 0 saturated heterocycles. The molecule has 0 saturated carbocycles. The van der Waals surface area contributed by atoms with Crippen molar-refractivity contribution in [3.63, 3.8) is 0 Å². The van der Waals surface area contributed by atoms with Crippen molar-refractivity contribution in [2.45, 2.75) is 16.7 Å². The molecule has 62 valence electrons. The second-order valence-electron chi connectivity index (χ2n) is 2.01. The van der Waals surface area contributed by atoms with Crippen LogP contribution in [0.15, 0.2) is 0 Å². The monoisotopic (exact) mass is 206 g/mol. The maximum absolute atomic E-state index is 10.7. The molecule has 6 heteroatoms. The highest BCUT2D eigenvalue weighted by Gasteiger charge is 2.41. The Labute approximate surface area is 69.9 Å². The van der Waals surface area contributed by atoms with E-state index in [9.17, 15) is 8.42 Å². The molecule has 1 atom stereocenters. The fourth-order valence-electron chi connectivity index (χ4n) is 0.310. The zero-order chi connectivity index (χ0) is 8.58. The van der Waals surface area contributed by atoms with Gasteiger partial charge in [0.1, 0.15) is 0 Å². The number of hydrogen-bond acceptors (Lipinski definition) is 3. The van der Waals surface area contributed by atoms with Crippen LogP contribution in [0.3, 0.4) is 0 Å². The second-order valence-corrected chi connectivity index (χ2v) is 6.03. The first-order valence-electron chi connectivity index (χ1n) is 2.45. The minimum absolute atomic E-state index is 0.861. The van der Waals surface area contributed by atoms with E-state index in [1.54, 1.807) is 0 Å². The van der Waals surface area contributed by atoms with Crippen LogP contribution in [0.1, 0.15) is 6.92 Å². The van der Waals surface area contributed by atoms with Gasteiger partial charge in [0.25, 0.3) is 0 Å². The van der Waals surface area contributed by atoms with Crippen LogP contribution in [0.25, 0.3) is 0 Å². The zero-order valence-electron chi connectivity index (χ0n) is 5.51. The third kappa shape index (κ3) is 1.99. The summed E-state index contributed by atoms with van der Waals surface area (Å²) in [5.41, 5.74) is 0. The van der Waals surface area contributed by atoms with Gasteiger partial charge >= 0.3 is 0 Å². The first kappa shape index (κ1) is 10.5. The van der Waals surface area contributed by atoms with Gasteiger partial charge in [0.2, 0.25) is 3.67 Å². The highest BCUT2D eigenvalue weighted by Crippen LogP contribution is 2.30. The van der Waals surface area contributed by atoms with E-state index in [4.69, 9.17) is 28.3 Å². The first-order valence-corrected chi connectivity index (χ1v) is 5.10. The van der Waals surface area contributed by atoms with Gasteiger partial charge in [-0.3, -0.25) is 0 Å². The highest BCUT2D eigenvalue weighted by atomic mass is 35.5. The average Bonchev–Trinajstić information content (AvgIpc) is 1.62. The van der Waals surface area contributed by atoms with Crippen LogP contribution in [0, 0.1) is 0 Å². The van der Waals surface area contributed by atoms with Crippen LogP contribution < -0.4 is 0 Å². The van der Waals surface area contributed by atoms with E-state index in [1.165, 1.54) is 6.92 Å². The summed E-state index contributed by atoms with van der Waals surface area (Å²) in [6.07, 6.45) is -0.439. The van der Waals surface area contributed by atoms with E-state index < -0.39 is 19.6 Å². The third-order valence-electron chi connectivity index (χ3n) is 0.981. The summed E-state index contributed by atoms with van der Waals surface area (Å²) in [6, 6.07) is 0. The lowest BCUT2D eigenvalue weighted by Gasteiger charge is -2.19. The molecule has 0 heterocycles. The van der Waals surface area contributed by atoms with Crippen LogP contribution in [0.4, 0.5) is 0 Å². The molecule has 0 amide bonds. The molecule has 0 spiro atoms. The predicted octanol–water partition coefficient (Wildman–Crippen LogP) is 0.543. The van der Waals surface area contributed by atoms with E-state index in [2.05, 4.69) is 0 Å². The van der Waals surface area contributed by atoms with Crippen LogP contribution in [0.2, 0.25) is 0 Å². The minimum atomic E-state index is -3.62. The molecule has 0 bridgehead atoms. The average molecular weight is 207 g/mol. The van der Waals surface area contributed by atoms with Gasteiger partial charge in [-0.2, -0.15) is 0 Å². The Balaban J connectivity index is 4.76. The molecule has 0 aliphatic carbocycles. The lowest BCUT2D eigenvalue weighted by molar-refractivity contribution is 0.198. The Morgan fingerprint density at radius 2 is 1.80 bits per heavy atom. The number of sulfone groups is 1. The van der Waals surface area contributed by atoms with Crippen molar-refractivity contribution in [1.82, 2.24) is 0 Å². The van der Waals surface area contributed by atoms with Gasteiger partial charge in [-0.15, -0.1) is 0 Å². The van der Waals surface area contributed by atoms with Gasteiger partial charge in [-0.25, -0.2) is 8.42 Å². The summed E-state index contributed by atoms with van der Waals surface area (Å²) >= 11 is 10.5. The number of halogens is 2. The Bertz CT molecular complexity index is 207. The number of hydrogen-bond donors (Lipinski definition) is 1. The number of aliphatic hydroxyl groups excluding tert-OH is 1. The van der Waals surface area contributed by atoms with Crippen LogP contribution >= 0.6 is 23.2 Å². The molecule has 0 rings (SSSR count). The Morgan fingerprint density at radius 1 is 1.50 bits per heavy atom. The largest absolute Gasteiger partial charge is 0.389 e. The maximum atomic E-state index is 10.7. The van der Waals surface area contributed by atoms with Crippen molar-refractivity contribution in [2.75, 3.05) is 6.26 Å². The molecule has 0 aliphatic heterocycles. The maximum Gasteiger partial charge on any atom is 0.242 e. The summed E-state index contributed by atoms with van der Waals surface area (Å²) in [5.74, 6) is 0. The summed E-state index contributed by atoms with van der Waals surface area (Å²) in [4.78, 5) is 0. The summed E-state index contributed by atoms with van der Waals surface area (Å²) in [7, 11) is -3.62. The van der Waals surface area contributed by atoms with Crippen molar-refractivity contribution in [3.05, 3.63) is 0 Å². The van der Waals surface area contributed by atoms with E-state index in [1.807, 2.05) is 0 Å². The van der Waals surface area contributed by atoms with Gasteiger partial charge in [0, 0.05) is 6.26 Å². The Hall–Kier alpha value is 0.490. The van der Waals surface area contributed by atoms with Gasteiger partial charge < -0.3 is 5.11 Å². The molecule has 3 nitrogen and oxygen atoms in total. The fraction of sp³-hybridized carbons (Fsp3) is 1.00. The molecule has 10 heavy (non-hydrogen) atoms. The molecular formula is C4H8Cl2O3S. The summed E-state index contributed by atoms with van der Waals surface area (Å²) in [6.45, 7) is 1.21. The van der Waals surface area contributed by atoms with E-state index in [-0.39, 0.29) is 0 Å². The van der Waals surface area contributed by atoms with E-state index in [0.717, 1.165) is 6.26 Å². The van der Waals surface area contributed by atoms with Gasteiger partial charge in [-0.1, -0.05) is 23.2 Å².